The van der Waals surface area contributed by atoms with Gasteiger partial charge in [0.25, 0.3) is 5.91 Å². The molecule has 1 aromatic heterocycles. The van der Waals surface area contributed by atoms with Crippen LogP contribution in [-0.2, 0) is 11.2 Å². The highest BCUT2D eigenvalue weighted by atomic mass is 32.1. The van der Waals surface area contributed by atoms with Gasteiger partial charge in [-0.05, 0) is 61.6 Å². The molecule has 31 heavy (non-hydrogen) atoms. The van der Waals surface area contributed by atoms with E-state index in [0.29, 0.717) is 16.4 Å². The number of anilines is 2. The zero-order chi connectivity index (χ0) is 21.4. The summed E-state index contributed by atoms with van der Waals surface area (Å²) in [5.74, 6) is 0.903. The molecule has 0 spiro atoms. The fourth-order valence-electron chi connectivity index (χ4n) is 3.93. The summed E-state index contributed by atoms with van der Waals surface area (Å²) in [5.41, 5.74) is 4.56. The Bertz CT molecular complexity index is 1150. The van der Waals surface area contributed by atoms with E-state index in [1.165, 1.54) is 16.9 Å². The monoisotopic (exact) mass is 433 g/mol. The first-order valence-electron chi connectivity index (χ1n) is 10.5. The van der Waals surface area contributed by atoms with Gasteiger partial charge in [0, 0.05) is 34.7 Å². The summed E-state index contributed by atoms with van der Waals surface area (Å²) < 4.78 is 5.18. The van der Waals surface area contributed by atoms with Gasteiger partial charge in [-0.3, -0.25) is 14.9 Å². The summed E-state index contributed by atoms with van der Waals surface area (Å²) >= 11 is 1.39. The number of aryl methyl sites for hydroxylation is 1. The first-order valence-corrected chi connectivity index (χ1v) is 11.4. The lowest BCUT2D eigenvalue weighted by atomic mass is 9.98. The molecule has 0 bridgehead atoms. The van der Waals surface area contributed by atoms with Gasteiger partial charge >= 0.3 is 0 Å². The van der Waals surface area contributed by atoms with Crippen LogP contribution in [0, 0.1) is 5.92 Å². The Balaban J connectivity index is 1.34. The van der Waals surface area contributed by atoms with Crippen molar-refractivity contribution in [1.82, 2.24) is 4.98 Å². The molecule has 1 saturated carbocycles. The molecule has 2 aromatic carbocycles. The maximum Gasteiger partial charge on any atom is 0.257 e. The number of nitrogens with zero attached hydrogens (tertiary/aromatic N) is 2. The summed E-state index contributed by atoms with van der Waals surface area (Å²) in [4.78, 5) is 31.7. The van der Waals surface area contributed by atoms with Crippen molar-refractivity contribution in [3.63, 3.8) is 0 Å². The molecule has 0 saturated heterocycles. The number of carbonyl (C=O) groups excluding carboxylic acids is 2. The van der Waals surface area contributed by atoms with E-state index in [1.54, 1.807) is 31.4 Å². The van der Waals surface area contributed by atoms with Gasteiger partial charge in [0.2, 0.25) is 5.91 Å². The van der Waals surface area contributed by atoms with Gasteiger partial charge in [-0.1, -0.05) is 12.1 Å². The van der Waals surface area contributed by atoms with Crippen LogP contribution in [-0.4, -0.2) is 30.5 Å². The minimum absolute atomic E-state index is 0.222. The summed E-state index contributed by atoms with van der Waals surface area (Å²) in [7, 11) is 1.57. The van der Waals surface area contributed by atoms with Gasteiger partial charge in [-0.25, -0.2) is 4.98 Å². The first kappa shape index (κ1) is 19.8. The number of methoxy groups -OCH3 is 1. The first-order chi connectivity index (χ1) is 15.1. The van der Waals surface area contributed by atoms with E-state index in [1.807, 2.05) is 22.4 Å². The molecule has 2 amide bonds. The molecule has 0 radical (unpaired) electrons. The largest absolute Gasteiger partial charge is 0.497 e. The highest BCUT2D eigenvalue weighted by molar-refractivity contribution is 7.14. The van der Waals surface area contributed by atoms with Gasteiger partial charge < -0.3 is 9.64 Å². The second-order valence-electron chi connectivity index (χ2n) is 7.94. The van der Waals surface area contributed by atoms with Crippen molar-refractivity contribution in [3.05, 3.63) is 59.0 Å². The summed E-state index contributed by atoms with van der Waals surface area (Å²) in [5, 5.41) is 5.35. The lowest BCUT2D eigenvalue weighted by Crippen LogP contribution is -2.36. The quantitative estimate of drug-likeness (QED) is 0.630. The number of carbonyl (C=O) groups is 2. The fraction of sp³-hybridized carbons (Fsp3) is 0.292. The maximum absolute atomic E-state index is 12.6. The molecule has 0 unspecified atom stereocenters. The van der Waals surface area contributed by atoms with Gasteiger partial charge in [0.1, 0.15) is 5.75 Å². The van der Waals surface area contributed by atoms with Crippen molar-refractivity contribution in [2.24, 2.45) is 5.92 Å². The molecule has 158 valence electrons. The molecule has 1 aliphatic carbocycles. The topological polar surface area (TPSA) is 71.5 Å². The standard InChI is InChI=1S/C24H23N3O3S/c1-30-19-6-2-4-18(13-19)22(28)26-24-25-20(14-31-24)16-9-10-21-17(12-16)5-3-11-27(21)23(29)15-7-8-15/h2,4,6,9-10,12-15H,3,5,7-8,11H2,1H3,(H,25,26,28). The molecule has 6 nitrogen and oxygen atoms in total. The predicted octanol–water partition coefficient (Wildman–Crippen LogP) is 4.76. The number of hydrogen-bond donors (Lipinski definition) is 1. The molecule has 3 aromatic rings. The molecule has 5 rings (SSSR count). The van der Waals surface area contributed by atoms with E-state index < -0.39 is 0 Å². The van der Waals surface area contributed by atoms with Crippen molar-refractivity contribution in [1.29, 1.82) is 0 Å². The second-order valence-corrected chi connectivity index (χ2v) is 8.79. The number of rotatable bonds is 5. The number of amides is 2. The van der Waals surface area contributed by atoms with E-state index in [9.17, 15) is 9.59 Å². The smallest absolute Gasteiger partial charge is 0.257 e. The van der Waals surface area contributed by atoms with E-state index in [0.717, 1.165) is 49.2 Å². The van der Waals surface area contributed by atoms with Crippen LogP contribution in [0.3, 0.4) is 0 Å². The Morgan fingerprint density at radius 2 is 2.06 bits per heavy atom. The summed E-state index contributed by atoms with van der Waals surface area (Å²) in [6.45, 7) is 0.804. The summed E-state index contributed by atoms with van der Waals surface area (Å²) in [6, 6.07) is 13.2. The highest BCUT2D eigenvalue weighted by Crippen LogP contribution is 2.37. The van der Waals surface area contributed by atoms with Crippen LogP contribution in [0.4, 0.5) is 10.8 Å². The Hall–Kier alpha value is -3.19. The van der Waals surface area contributed by atoms with E-state index in [2.05, 4.69) is 16.4 Å². The highest BCUT2D eigenvalue weighted by Gasteiger charge is 2.35. The molecule has 7 heteroatoms. The van der Waals surface area contributed by atoms with Crippen LogP contribution in [0.2, 0.25) is 0 Å². The summed E-state index contributed by atoms with van der Waals surface area (Å²) in [6.07, 6.45) is 3.98. The molecule has 1 fully saturated rings. The SMILES string of the molecule is COc1cccc(C(=O)Nc2nc(-c3ccc4c(c3)CCCN4C(=O)C3CC3)cs2)c1. The molecular formula is C24H23N3O3S. The van der Waals surface area contributed by atoms with E-state index in [-0.39, 0.29) is 17.7 Å². The average Bonchev–Trinajstić information content (AvgIpc) is 3.56. The van der Waals surface area contributed by atoms with Crippen molar-refractivity contribution in [2.75, 3.05) is 23.9 Å². The number of thiazole rings is 1. The number of aromatic nitrogens is 1. The average molecular weight is 434 g/mol. The van der Waals surface area contributed by atoms with Gasteiger partial charge in [0.15, 0.2) is 5.13 Å². The predicted molar refractivity (Wildman–Crippen MR) is 122 cm³/mol. The molecular weight excluding hydrogens is 410 g/mol. The van der Waals surface area contributed by atoms with Gasteiger partial charge in [-0.2, -0.15) is 0 Å². The van der Waals surface area contributed by atoms with Crippen LogP contribution >= 0.6 is 11.3 Å². The van der Waals surface area contributed by atoms with Crippen LogP contribution in [0.15, 0.2) is 47.8 Å². The lowest BCUT2D eigenvalue weighted by molar-refractivity contribution is -0.119. The second kappa shape index (κ2) is 8.15. The van der Waals surface area contributed by atoms with Crippen LogP contribution in [0.1, 0.15) is 35.2 Å². The lowest BCUT2D eigenvalue weighted by Gasteiger charge is -2.30. The number of nitrogens with one attached hydrogen (secondary N) is 1. The van der Waals surface area contributed by atoms with Crippen LogP contribution < -0.4 is 15.0 Å². The molecule has 1 N–H and O–H groups in total. The third-order valence-corrected chi connectivity index (χ3v) is 6.50. The van der Waals surface area contributed by atoms with Crippen molar-refractivity contribution >= 4 is 34.0 Å². The Morgan fingerprint density at radius 3 is 2.87 bits per heavy atom. The zero-order valence-electron chi connectivity index (χ0n) is 17.3. The third-order valence-electron chi connectivity index (χ3n) is 5.74. The molecule has 0 atom stereocenters. The Labute approximate surface area is 184 Å². The van der Waals surface area contributed by atoms with Gasteiger partial charge in [-0.15, -0.1) is 11.3 Å². The van der Waals surface area contributed by atoms with Gasteiger partial charge in [0.05, 0.1) is 12.8 Å². The molecule has 2 heterocycles. The number of fused-ring (bicyclic) bond motifs is 1. The van der Waals surface area contributed by atoms with Crippen molar-refractivity contribution in [2.45, 2.75) is 25.7 Å². The molecule has 1 aliphatic heterocycles. The molecule has 2 aliphatic rings. The van der Waals surface area contributed by atoms with Crippen molar-refractivity contribution < 1.29 is 14.3 Å². The number of hydrogen-bond acceptors (Lipinski definition) is 5. The van der Waals surface area contributed by atoms with Crippen LogP contribution in [0.25, 0.3) is 11.3 Å². The fourth-order valence-corrected chi connectivity index (χ4v) is 4.65. The van der Waals surface area contributed by atoms with Crippen LogP contribution in [0.5, 0.6) is 5.75 Å². The minimum atomic E-state index is -0.223. The number of ether oxygens (including phenoxy) is 1. The van der Waals surface area contributed by atoms with Crippen molar-refractivity contribution in [3.8, 4) is 17.0 Å². The third kappa shape index (κ3) is 4.05. The Kier molecular flexibility index (Phi) is 5.19. The maximum atomic E-state index is 12.6. The zero-order valence-corrected chi connectivity index (χ0v) is 18.1. The Morgan fingerprint density at radius 1 is 1.19 bits per heavy atom. The number of benzene rings is 2. The normalized spacial score (nSPS) is 15.3. The van der Waals surface area contributed by atoms with E-state index in [4.69, 9.17) is 4.74 Å². The minimum Gasteiger partial charge on any atom is -0.497 e. The van der Waals surface area contributed by atoms with E-state index >= 15 is 0 Å².